The summed E-state index contributed by atoms with van der Waals surface area (Å²) in [6, 6.07) is 0.757. The molecule has 2 aliphatic rings. The molecule has 17 heavy (non-hydrogen) atoms. The van der Waals surface area contributed by atoms with E-state index in [0.717, 1.165) is 12.6 Å². The van der Waals surface area contributed by atoms with Crippen LogP contribution in [0.1, 0.15) is 43.4 Å². The number of nitrogens with zero attached hydrogens (tertiary/aromatic N) is 2. The Morgan fingerprint density at radius 1 is 1.24 bits per heavy atom. The van der Waals surface area contributed by atoms with E-state index in [1.165, 1.54) is 61.6 Å². The second kappa shape index (κ2) is 5.36. The summed E-state index contributed by atoms with van der Waals surface area (Å²) in [5.41, 5.74) is 0. The molecule has 1 aromatic rings. The fourth-order valence-corrected chi connectivity index (χ4v) is 3.72. The highest BCUT2D eigenvalue weighted by Crippen LogP contribution is 2.26. The van der Waals surface area contributed by atoms with Gasteiger partial charge in [0.2, 0.25) is 0 Å². The summed E-state index contributed by atoms with van der Waals surface area (Å²) in [5.74, 6) is 0. The highest BCUT2D eigenvalue weighted by molar-refractivity contribution is 7.15. The molecule has 1 N–H and O–H groups in total. The van der Waals surface area contributed by atoms with Crippen LogP contribution in [0.4, 0.5) is 5.13 Å². The molecule has 1 saturated heterocycles. The molecule has 0 atom stereocenters. The summed E-state index contributed by atoms with van der Waals surface area (Å²) >= 11 is 1.87. The smallest absolute Gasteiger partial charge is 0.185 e. The molecule has 0 spiro atoms. The van der Waals surface area contributed by atoms with Crippen molar-refractivity contribution in [2.24, 2.45) is 0 Å². The van der Waals surface area contributed by atoms with E-state index in [2.05, 4.69) is 21.4 Å². The molecule has 0 bridgehead atoms. The van der Waals surface area contributed by atoms with Crippen LogP contribution in [0.2, 0.25) is 0 Å². The van der Waals surface area contributed by atoms with Crippen molar-refractivity contribution in [1.29, 1.82) is 0 Å². The Kier molecular flexibility index (Phi) is 3.62. The minimum Gasteiger partial charge on any atom is -0.348 e. The van der Waals surface area contributed by atoms with E-state index in [9.17, 15) is 0 Å². The van der Waals surface area contributed by atoms with E-state index in [0.29, 0.717) is 0 Å². The summed E-state index contributed by atoms with van der Waals surface area (Å²) < 4.78 is 0. The second-order valence-electron chi connectivity index (χ2n) is 5.17. The summed E-state index contributed by atoms with van der Waals surface area (Å²) in [4.78, 5) is 8.36. The van der Waals surface area contributed by atoms with E-state index in [4.69, 9.17) is 0 Å². The first-order valence-electron chi connectivity index (χ1n) is 6.85. The van der Waals surface area contributed by atoms with Crippen molar-refractivity contribution in [3.05, 3.63) is 11.1 Å². The molecule has 0 aromatic carbocycles. The first-order chi connectivity index (χ1) is 8.42. The Hall–Kier alpha value is -0.610. The predicted molar refractivity (Wildman–Crippen MR) is 72.7 cm³/mol. The van der Waals surface area contributed by atoms with Gasteiger partial charge < -0.3 is 10.2 Å². The fourth-order valence-electron chi connectivity index (χ4n) is 2.81. The molecule has 1 aliphatic carbocycles. The quantitative estimate of drug-likeness (QED) is 0.892. The van der Waals surface area contributed by atoms with Crippen molar-refractivity contribution < 1.29 is 0 Å². The van der Waals surface area contributed by atoms with Gasteiger partial charge in [0.25, 0.3) is 0 Å². The SMILES string of the molecule is c1nc(N2CCCC2)sc1CNC1CCCC1. The van der Waals surface area contributed by atoms with E-state index in [1.807, 2.05) is 11.3 Å². The van der Waals surface area contributed by atoms with Crippen LogP contribution >= 0.6 is 11.3 Å². The van der Waals surface area contributed by atoms with Gasteiger partial charge in [0, 0.05) is 36.8 Å². The number of thiazole rings is 1. The van der Waals surface area contributed by atoms with Crippen LogP contribution in [0.25, 0.3) is 0 Å². The number of anilines is 1. The molecule has 2 heterocycles. The summed E-state index contributed by atoms with van der Waals surface area (Å²) in [6.45, 7) is 3.40. The van der Waals surface area contributed by atoms with Crippen molar-refractivity contribution in [3.63, 3.8) is 0 Å². The topological polar surface area (TPSA) is 28.2 Å². The van der Waals surface area contributed by atoms with Crippen LogP contribution in [0, 0.1) is 0 Å². The lowest BCUT2D eigenvalue weighted by atomic mass is 10.2. The zero-order chi connectivity index (χ0) is 11.5. The van der Waals surface area contributed by atoms with Crippen LogP contribution < -0.4 is 10.2 Å². The van der Waals surface area contributed by atoms with Gasteiger partial charge in [-0.2, -0.15) is 0 Å². The van der Waals surface area contributed by atoms with Crippen LogP contribution in [-0.4, -0.2) is 24.1 Å². The van der Waals surface area contributed by atoms with E-state index >= 15 is 0 Å². The van der Waals surface area contributed by atoms with E-state index in [1.54, 1.807) is 0 Å². The zero-order valence-electron chi connectivity index (χ0n) is 10.3. The zero-order valence-corrected chi connectivity index (χ0v) is 11.1. The first-order valence-corrected chi connectivity index (χ1v) is 7.66. The van der Waals surface area contributed by atoms with E-state index < -0.39 is 0 Å². The maximum atomic E-state index is 4.55. The van der Waals surface area contributed by atoms with Crippen LogP contribution in [0.3, 0.4) is 0 Å². The predicted octanol–water partition coefficient (Wildman–Crippen LogP) is 2.78. The molecule has 0 amide bonds. The van der Waals surface area contributed by atoms with Crippen molar-refractivity contribution in [1.82, 2.24) is 10.3 Å². The molecular formula is C13H21N3S. The number of nitrogens with one attached hydrogen (secondary N) is 1. The van der Waals surface area contributed by atoms with Gasteiger partial charge in [0.05, 0.1) is 0 Å². The van der Waals surface area contributed by atoms with Crippen molar-refractivity contribution in [3.8, 4) is 0 Å². The standard InChI is InChI=1S/C13H21N3S/c1-2-6-11(5-1)14-9-12-10-15-13(17-12)16-7-3-4-8-16/h10-11,14H,1-9H2. The summed E-state index contributed by atoms with van der Waals surface area (Å²) in [5, 5.41) is 4.88. The molecule has 2 fully saturated rings. The van der Waals surface area contributed by atoms with Gasteiger partial charge >= 0.3 is 0 Å². The lowest BCUT2D eigenvalue weighted by Gasteiger charge is -2.12. The van der Waals surface area contributed by atoms with Crippen molar-refractivity contribution in [2.75, 3.05) is 18.0 Å². The summed E-state index contributed by atoms with van der Waals surface area (Å²) in [7, 11) is 0. The third-order valence-electron chi connectivity index (χ3n) is 3.84. The number of aromatic nitrogens is 1. The van der Waals surface area contributed by atoms with Gasteiger partial charge in [0.15, 0.2) is 5.13 Å². The monoisotopic (exact) mass is 251 g/mol. The molecule has 1 aromatic heterocycles. The molecular weight excluding hydrogens is 230 g/mol. The molecule has 94 valence electrons. The van der Waals surface area contributed by atoms with E-state index in [-0.39, 0.29) is 0 Å². The Bertz CT molecular complexity index is 351. The average molecular weight is 251 g/mol. The lowest BCUT2D eigenvalue weighted by Crippen LogP contribution is -2.24. The Morgan fingerprint density at radius 2 is 2.00 bits per heavy atom. The Labute approximate surface area is 107 Å². The van der Waals surface area contributed by atoms with Crippen LogP contribution in [0.5, 0.6) is 0 Å². The van der Waals surface area contributed by atoms with Gasteiger partial charge in [-0.1, -0.05) is 12.8 Å². The third-order valence-corrected chi connectivity index (χ3v) is 4.90. The average Bonchev–Trinajstić information content (AvgIpc) is 3.09. The van der Waals surface area contributed by atoms with Crippen molar-refractivity contribution in [2.45, 2.75) is 51.1 Å². The highest BCUT2D eigenvalue weighted by Gasteiger charge is 2.17. The van der Waals surface area contributed by atoms with Gasteiger partial charge in [0.1, 0.15) is 0 Å². The number of hydrogen-bond donors (Lipinski definition) is 1. The molecule has 0 unspecified atom stereocenters. The van der Waals surface area contributed by atoms with Crippen LogP contribution in [0.15, 0.2) is 6.20 Å². The molecule has 1 saturated carbocycles. The minimum atomic E-state index is 0.757. The van der Waals surface area contributed by atoms with Gasteiger partial charge in [-0.25, -0.2) is 4.98 Å². The van der Waals surface area contributed by atoms with Gasteiger partial charge in [-0.05, 0) is 25.7 Å². The maximum absolute atomic E-state index is 4.55. The number of hydrogen-bond acceptors (Lipinski definition) is 4. The highest BCUT2D eigenvalue weighted by atomic mass is 32.1. The van der Waals surface area contributed by atoms with Gasteiger partial charge in [-0.3, -0.25) is 0 Å². The normalized spacial score (nSPS) is 21.5. The molecule has 3 nitrogen and oxygen atoms in total. The Balaban J connectivity index is 1.52. The number of rotatable bonds is 4. The van der Waals surface area contributed by atoms with Gasteiger partial charge in [-0.15, -0.1) is 11.3 Å². The Morgan fingerprint density at radius 3 is 2.76 bits per heavy atom. The van der Waals surface area contributed by atoms with Crippen molar-refractivity contribution >= 4 is 16.5 Å². The maximum Gasteiger partial charge on any atom is 0.185 e. The van der Waals surface area contributed by atoms with Crippen LogP contribution in [-0.2, 0) is 6.54 Å². The fraction of sp³-hybridized carbons (Fsp3) is 0.769. The third kappa shape index (κ3) is 2.80. The first kappa shape index (κ1) is 11.5. The molecule has 1 aliphatic heterocycles. The molecule has 3 rings (SSSR count). The minimum absolute atomic E-state index is 0.757. The largest absolute Gasteiger partial charge is 0.348 e. The molecule has 0 radical (unpaired) electrons. The molecule has 4 heteroatoms. The summed E-state index contributed by atoms with van der Waals surface area (Å²) in [6.07, 6.45) is 10.2. The second-order valence-corrected chi connectivity index (χ2v) is 6.26. The lowest BCUT2D eigenvalue weighted by molar-refractivity contribution is 0.527.